The quantitative estimate of drug-likeness (QED) is 0.540. The molecule has 6 nitrogen and oxygen atoms in total. The zero-order valence-corrected chi connectivity index (χ0v) is 18.9. The number of pyridine rings is 1. The van der Waals surface area contributed by atoms with Crippen molar-refractivity contribution in [1.82, 2.24) is 15.2 Å². The Kier molecular flexibility index (Phi) is 7.32. The smallest absolute Gasteiger partial charge is 0.252 e. The van der Waals surface area contributed by atoms with Gasteiger partial charge < -0.3 is 15.0 Å². The highest BCUT2D eigenvalue weighted by Gasteiger charge is 2.32. The van der Waals surface area contributed by atoms with Gasteiger partial charge in [-0.3, -0.25) is 14.6 Å². The molecule has 0 saturated heterocycles. The van der Waals surface area contributed by atoms with E-state index in [9.17, 15) is 14.0 Å². The van der Waals surface area contributed by atoms with Gasteiger partial charge in [0, 0.05) is 30.9 Å². The average molecular weight is 460 g/mol. The fourth-order valence-electron chi connectivity index (χ4n) is 4.09. The molecule has 0 saturated carbocycles. The van der Waals surface area contributed by atoms with Crippen molar-refractivity contribution in [3.05, 3.63) is 108 Å². The third-order valence-corrected chi connectivity index (χ3v) is 5.86. The highest BCUT2D eigenvalue weighted by atomic mass is 19.1. The zero-order chi connectivity index (χ0) is 23.9. The largest absolute Gasteiger partial charge is 0.494 e. The first-order chi connectivity index (χ1) is 16.6. The molecule has 1 aliphatic heterocycles. The minimum Gasteiger partial charge on any atom is -0.494 e. The van der Waals surface area contributed by atoms with Gasteiger partial charge in [0.1, 0.15) is 6.04 Å². The van der Waals surface area contributed by atoms with Gasteiger partial charge in [-0.1, -0.05) is 48.6 Å². The molecule has 0 spiro atoms. The zero-order valence-electron chi connectivity index (χ0n) is 18.9. The van der Waals surface area contributed by atoms with Crippen molar-refractivity contribution in [2.75, 3.05) is 13.7 Å². The molecule has 7 heteroatoms. The topological polar surface area (TPSA) is 71.5 Å². The predicted octanol–water partition coefficient (Wildman–Crippen LogP) is 4.10. The number of carbonyl (C=O) groups is 2. The van der Waals surface area contributed by atoms with E-state index < -0.39 is 17.8 Å². The van der Waals surface area contributed by atoms with Gasteiger partial charge in [-0.05, 0) is 41.8 Å². The monoisotopic (exact) mass is 459 g/mol. The van der Waals surface area contributed by atoms with E-state index in [2.05, 4.69) is 16.4 Å². The molecular formula is C27H26FN3O3. The number of ether oxygens (including phenoxy) is 1. The molecule has 1 aliphatic rings. The fourth-order valence-corrected chi connectivity index (χ4v) is 4.09. The molecular weight excluding hydrogens is 433 g/mol. The highest BCUT2D eigenvalue weighted by Crippen LogP contribution is 2.28. The van der Waals surface area contributed by atoms with Crippen molar-refractivity contribution in [2.24, 2.45) is 0 Å². The number of nitrogens with zero attached hydrogens (tertiary/aromatic N) is 2. The summed E-state index contributed by atoms with van der Waals surface area (Å²) in [5, 5.41) is 2.87. The summed E-state index contributed by atoms with van der Waals surface area (Å²) in [6.45, 7) is 0.434. The van der Waals surface area contributed by atoms with E-state index >= 15 is 0 Å². The van der Waals surface area contributed by atoms with Crippen LogP contribution in [0.1, 0.15) is 33.9 Å². The minimum atomic E-state index is -0.809. The lowest BCUT2D eigenvalue weighted by molar-refractivity contribution is -0.135. The Hall–Kier alpha value is -4.00. The van der Waals surface area contributed by atoms with Gasteiger partial charge in [0.15, 0.2) is 11.6 Å². The summed E-state index contributed by atoms with van der Waals surface area (Å²) in [6.07, 6.45) is 8.46. The summed E-state index contributed by atoms with van der Waals surface area (Å²) >= 11 is 0. The van der Waals surface area contributed by atoms with Crippen molar-refractivity contribution in [3.63, 3.8) is 0 Å². The Labute approximate surface area is 198 Å². The van der Waals surface area contributed by atoms with Crippen LogP contribution in [0.3, 0.4) is 0 Å². The summed E-state index contributed by atoms with van der Waals surface area (Å²) in [7, 11) is 1.34. The molecule has 3 aromatic rings. The van der Waals surface area contributed by atoms with E-state index in [0.717, 1.165) is 11.1 Å². The van der Waals surface area contributed by atoms with Crippen molar-refractivity contribution >= 4 is 11.8 Å². The van der Waals surface area contributed by atoms with Gasteiger partial charge in [-0.15, -0.1) is 0 Å². The second kappa shape index (κ2) is 10.7. The first-order valence-electron chi connectivity index (χ1n) is 11.1. The van der Waals surface area contributed by atoms with Crippen LogP contribution in [-0.2, 0) is 11.2 Å². The molecule has 0 bridgehead atoms. The van der Waals surface area contributed by atoms with Crippen LogP contribution in [0.15, 0.2) is 85.2 Å². The Morgan fingerprint density at radius 1 is 1.15 bits per heavy atom. The van der Waals surface area contributed by atoms with Crippen molar-refractivity contribution in [3.8, 4) is 5.75 Å². The van der Waals surface area contributed by atoms with Crippen LogP contribution in [0.5, 0.6) is 5.75 Å². The van der Waals surface area contributed by atoms with Gasteiger partial charge in [0.2, 0.25) is 5.91 Å². The molecule has 0 aliphatic carbocycles. The Bertz CT molecular complexity index is 1170. The highest BCUT2D eigenvalue weighted by molar-refractivity contribution is 5.98. The van der Waals surface area contributed by atoms with Crippen LogP contribution >= 0.6 is 0 Å². The van der Waals surface area contributed by atoms with Crippen LogP contribution in [0.4, 0.5) is 4.39 Å². The second-order valence-corrected chi connectivity index (χ2v) is 8.06. The molecule has 0 radical (unpaired) electrons. The molecule has 2 aromatic carbocycles. The SMILES string of the molecule is COc1cc(C(=O)N[C@@H](Cc2ccccc2)C(=O)N2CC=CCC2c2cccnc2)ccc1F. The molecule has 1 N–H and O–H groups in total. The van der Waals surface area contributed by atoms with Gasteiger partial charge in [-0.25, -0.2) is 4.39 Å². The molecule has 1 aromatic heterocycles. The second-order valence-electron chi connectivity index (χ2n) is 8.06. The Morgan fingerprint density at radius 3 is 2.71 bits per heavy atom. The van der Waals surface area contributed by atoms with Crippen LogP contribution in [0.25, 0.3) is 0 Å². The molecule has 2 amide bonds. The summed E-state index contributed by atoms with van der Waals surface area (Å²) in [4.78, 5) is 32.9. The summed E-state index contributed by atoms with van der Waals surface area (Å²) in [6, 6.07) is 16.2. The lowest BCUT2D eigenvalue weighted by Crippen LogP contribution is -2.51. The lowest BCUT2D eigenvalue weighted by atomic mass is 9.97. The Balaban J connectivity index is 1.62. The number of rotatable bonds is 7. The molecule has 2 heterocycles. The van der Waals surface area contributed by atoms with Gasteiger partial charge in [0.25, 0.3) is 5.91 Å². The van der Waals surface area contributed by atoms with Crippen molar-refractivity contribution in [1.29, 1.82) is 0 Å². The van der Waals surface area contributed by atoms with E-state index in [1.807, 2.05) is 48.5 Å². The van der Waals surface area contributed by atoms with E-state index in [1.165, 1.54) is 25.3 Å². The number of hydrogen-bond acceptors (Lipinski definition) is 4. The number of halogens is 1. The third-order valence-electron chi connectivity index (χ3n) is 5.86. The van der Waals surface area contributed by atoms with Crippen LogP contribution in [0, 0.1) is 5.82 Å². The number of amides is 2. The number of hydrogen-bond donors (Lipinski definition) is 1. The summed E-state index contributed by atoms with van der Waals surface area (Å²) < 4.78 is 18.8. The predicted molar refractivity (Wildman–Crippen MR) is 127 cm³/mol. The maximum Gasteiger partial charge on any atom is 0.252 e. The van der Waals surface area contributed by atoms with Gasteiger partial charge in [-0.2, -0.15) is 0 Å². The maximum absolute atomic E-state index is 13.8. The Morgan fingerprint density at radius 2 is 1.97 bits per heavy atom. The molecule has 2 atom stereocenters. The summed E-state index contributed by atoms with van der Waals surface area (Å²) in [5.41, 5.74) is 2.07. The number of nitrogens with one attached hydrogen (secondary N) is 1. The van der Waals surface area contributed by atoms with Crippen molar-refractivity contribution < 1.29 is 18.7 Å². The molecule has 4 rings (SSSR count). The molecule has 174 valence electrons. The van der Waals surface area contributed by atoms with Crippen molar-refractivity contribution in [2.45, 2.75) is 24.9 Å². The number of carbonyl (C=O) groups excluding carboxylic acids is 2. The standard InChI is InChI=1S/C27H26FN3O3/c1-34-25-17-20(12-13-22(25)28)26(32)30-23(16-19-8-3-2-4-9-19)27(33)31-15-6-5-11-24(31)21-10-7-14-29-18-21/h2-10,12-14,17-18,23-24H,11,15-16H2,1H3,(H,30,32)/t23-,24?/m0/s1. The first-order valence-corrected chi connectivity index (χ1v) is 11.1. The van der Waals surface area contributed by atoms with Gasteiger partial charge >= 0.3 is 0 Å². The summed E-state index contributed by atoms with van der Waals surface area (Å²) in [5.74, 6) is -1.26. The lowest BCUT2D eigenvalue weighted by Gasteiger charge is -2.36. The fraction of sp³-hybridized carbons (Fsp3) is 0.222. The molecule has 0 fully saturated rings. The van der Waals surface area contributed by atoms with E-state index in [4.69, 9.17) is 4.74 Å². The van der Waals surface area contributed by atoms with E-state index in [-0.39, 0.29) is 23.3 Å². The number of benzene rings is 2. The van der Waals surface area contributed by atoms with Crippen LogP contribution in [0.2, 0.25) is 0 Å². The average Bonchev–Trinajstić information content (AvgIpc) is 2.89. The first kappa shape index (κ1) is 23.2. The van der Waals surface area contributed by atoms with Crippen LogP contribution in [-0.4, -0.2) is 41.4 Å². The normalized spacial score (nSPS) is 16.1. The minimum absolute atomic E-state index is 0.0311. The van der Waals surface area contributed by atoms with Crippen LogP contribution < -0.4 is 10.1 Å². The number of aromatic nitrogens is 1. The third kappa shape index (κ3) is 5.31. The molecule has 34 heavy (non-hydrogen) atoms. The van der Waals surface area contributed by atoms with E-state index in [1.54, 1.807) is 17.3 Å². The number of methoxy groups -OCH3 is 1. The van der Waals surface area contributed by atoms with E-state index in [0.29, 0.717) is 19.4 Å². The maximum atomic E-state index is 13.8. The van der Waals surface area contributed by atoms with Gasteiger partial charge in [0.05, 0.1) is 13.2 Å². The molecule has 1 unspecified atom stereocenters.